The van der Waals surface area contributed by atoms with Crippen LogP contribution in [0.1, 0.15) is 17.2 Å². The largest absolute Gasteiger partial charge is 0.384 e. The van der Waals surface area contributed by atoms with Gasteiger partial charge in [-0.3, -0.25) is 0 Å². The van der Waals surface area contributed by atoms with Gasteiger partial charge in [0.1, 0.15) is 17.7 Å². The summed E-state index contributed by atoms with van der Waals surface area (Å²) in [5, 5.41) is 11.7. The van der Waals surface area contributed by atoms with Crippen molar-refractivity contribution >= 4 is 49.9 Å². The molecule has 0 aliphatic heterocycles. The number of benzene rings is 1. The second-order valence-corrected chi connectivity index (χ2v) is 7.03. The lowest BCUT2D eigenvalue weighted by Gasteiger charge is -2.11. The predicted octanol–water partition coefficient (Wildman–Crippen LogP) is 4.48. The molecule has 0 radical (unpaired) electrons. The number of hydrogen-bond donors (Lipinski definition) is 1. The van der Waals surface area contributed by atoms with Crippen molar-refractivity contribution in [1.29, 1.82) is 0 Å². The van der Waals surface area contributed by atoms with Crippen molar-refractivity contribution in [1.82, 2.24) is 0 Å². The third kappa shape index (κ3) is 2.86. The van der Waals surface area contributed by atoms with Crippen LogP contribution in [0.3, 0.4) is 0 Å². The Morgan fingerprint density at radius 3 is 2.53 bits per heavy atom. The third-order valence-electron chi connectivity index (χ3n) is 2.24. The zero-order valence-corrected chi connectivity index (χ0v) is 12.8. The molecule has 0 saturated heterocycles. The highest BCUT2D eigenvalue weighted by Gasteiger charge is 2.18. The van der Waals surface area contributed by atoms with Crippen molar-refractivity contribution in [3.05, 3.63) is 53.7 Å². The molecule has 6 heteroatoms. The molecule has 0 aliphatic carbocycles. The molecule has 90 valence electrons. The van der Waals surface area contributed by atoms with Gasteiger partial charge >= 0.3 is 0 Å². The van der Waals surface area contributed by atoms with Crippen molar-refractivity contribution in [2.75, 3.05) is 0 Å². The smallest absolute Gasteiger partial charge is 0.137 e. The van der Waals surface area contributed by atoms with Crippen molar-refractivity contribution < 1.29 is 13.9 Å². The number of halogens is 4. The summed E-state index contributed by atoms with van der Waals surface area (Å²) in [6, 6.07) is 3.77. The molecule has 2 rings (SSSR count). The molecular formula is C11H6BrF2IOS. The molecule has 1 N–H and O–H groups in total. The van der Waals surface area contributed by atoms with E-state index in [0.717, 1.165) is 15.0 Å². The Morgan fingerprint density at radius 2 is 1.94 bits per heavy atom. The van der Waals surface area contributed by atoms with Gasteiger partial charge in [0.05, 0.1) is 7.36 Å². The molecule has 0 fully saturated rings. The summed E-state index contributed by atoms with van der Waals surface area (Å²) in [7, 11) is 0. The third-order valence-corrected chi connectivity index (χ3v) is 4.65. The van der Waals surface area contributed by atoms with Gasteiger partial charge in [-0.1, -0.05) is 0 Å². The predicted molar refractivity (Wildman–Crippen MR) is 75.2 cm³/mol. The van der Waals surface area contributed by atoms with Gasteiger partial charge in [0.25, 0.3) is 0 Å². The van der Waals surface area contributed by atoms with Crippen LogP contribution < -0.4 is 0 Å². The molecule has 1 heterocycles. The lowest BCUT2D eigenvalue weighted by molar-refractivity contribution is 0.214. The van der Waals surface area contributed by atoms with Crippen molar-refractivity contribution in [2.45, 2.75) is 6.10 Å². The molecule has 0 bridgehead atoms. The maximum atomic E-state index is 13.6. The fraction of sp³-hybridized carbons (Fsp3) is 0.0909. The summed E-state index contributed by atoms with van der Waals surface area (Å²) in [5.74, 6) is -1.22. The Morgan fingerprint density at radius 1 is 1.24 bits per heavy atom. The average molecular weight is 431 g/mol. The minimum Gasteiger partial charge on any atom is -0.384 e. The normalized spacial score (nSPS) is 12.8. The highest BCUT2D eigenvalue weighted by Crippen LogP contribution is 2.31. The maximum absolute atomic E-state index is 13.6. The van der Waals surface area contributed by atoms with E-state index >= 15 is 0 Å². The van der Waals surface area contributed by atoms with Gasteiger partial charge in [0, 0.05) is 5.56 Å². The fourth-order valence-electron chi connectivity index (χ4n) is 1.39. The molecule has 1 nitrogen and oxygen atoms in total. The van der Waals surface area contributed by atoms with Gasteiger partial charge < -0.3 is 5.11 Å². The van der Waals surface area contributed by atoms with Crippen LogP contribution in [0, 0.1) is 14.5 Å². The SMILES string of the molecule is OC(c1csc(I)c1)c1cc(F)c(Br)cc1F. The molecule has 1 unspecified atom stereocenters. The van der Waals surface area contributed by atoms with Gasteiger partial charge in [-0.15, -0.1) is 11.3 Å². The molecule has 0 spiro atoms. The van der Waals surface area contributed by atoms with Crippen LogP contribution in [0.4, 0.5) is 8.78 Å². The van der Waals surface area contributed by atoms with Crippen LogP contribution in [0.15, 0.2) is 28.1 Å². The molecule has 0 saturated carbocycles. The van der Waals surface area contributed by atoms with Crippen LogP contribution in [0.2, 0.25) is 0 Å². The van der Waals surface area contributed by atoms with Crippen molar-refractivity contribution in [3.8, 4) is 0 Å². The Bertz CT molecular complexity index is 558. The maximum Gasteiger partial charge on any atom is 0.137 e. The zero-order valence-electron chi connectivity index (χ0n) is 8.25. The average Bonchev–Trinajstić information content (AvgIpc) is 2.69. The quantitative estimate of drug-likeness (QED) is 0.550. The van der Waals surface area contributed by atoms with E-state index in [4.69, 9.17) is 0 Å². The topological polar surface area (TPSA) is 20.2 Å². The van der Waals surface area contributed by atoms with E-state index in [1.165, 1.54) is 11.3 Å². The van der Waals surface area contributed by atoms with E-state index in [9.17, 15) is 13.9 Å². The molecule has 0 amide bonds. The molecule has 1 atom stereocenters. The van der Waals surface area contributed by atoms with Gasteiger partial charge in [-0.25, -0.2) is 8.78 Å². The van der Waals surface area contributed by atoms with Crippen LogP contribution in [0.25, 0.3) is 0 Å². The first-order chi connectivity index (χ1) is 7.99. The van der Waals surface area contributed by atoms with Crippen LogP contribution in [-0.4, -0.2) is 5.11 Å². The number of rotatable bonds is 2. The van der Waals surface area contributed by atoms with Crippen molar-refractivity contribution in [3.63, 3.8) is 0 Å². The first-order valence-corrected chi connectivity index (χ1v) is 7.30. The van der Waals surface area contributed by atoms with Gasteiger partial charge in [0.15, 0.2) is 0 Å². The van der Waals surface area contributed by atoms with Gasteiger partial charge in [0.2, 0.25) is 0 Å². The second kappa shape index (κ2) is 5.29. The van der Waals surface area contributed by atoms with E-state index in [1.54, 1.807) is 11.4 Å². The minimum absolute atomic E-state index is 0.0471. The summed E-state index contributed by atoms with van der Waals surface area (Å²) >= 11 is 6.44. The summed E-state index contributed by atoms with van der Waals surface area (Å²) in [6.07, 6.45) is -1.14. The molecule has 0 aliphatic rings. The first-order valence-electron chi connectivity index (χ1n) is 4.55. The molecule has 1 aromatic carbocycles. The van der Waals surface area contributed by atoms with E-state index < -0.39 is 17.7 Å². The highest BCUT2D eigenvalue weighted by molar-refractivity contribution is 14.1. The second-order valence-electron chi connectivity index (χ2n) is 3.37. The molecule has 1 aromatic heterocycles. The van der Waals surface area contributed by atoms with E-state index in [2.05, 4.69) is 38.5 Å². The number of aliphatic hydroxyl groups excluding tert-OH is 1. The number of thiophene rings is 1. The molecule has 17 heavy (non-hydrogen) atoms. The van der Waals surface area contributed by atoms with Crippen LogP contribution >= 0.6 is 49.9 Å². The van der Waals surface area contributed by atoms with Crippen molar-refractivity contribution in [2.24, 2.45) is 0 Å². The first kappa shape index (κ1) is 13.4. The Hall–Kier alpha value is -0.0500. The number of hydrogen-bond acceptors (Lipinski definition) is 2. The summed E-state index contributed by atoms with van der Waals surface area (Å²) in [5.41, 5.74) is 0.514. The standard InChI is InChI=1S/C11H6BrF2IOS/c12-7-3-8(13)6(2-9(7)14)11(16)5-1-10(15)17-4-5/h1-4,11,16H. The number of aliphatic hydroxyl groups is 1. The molecule has 2 aromatic rings. The van der Waals surface area contributed by atoms with E-state index in [1.807, 2.05) is 0 Å². The van der Waals surface area contributed by atoms with Crippen LogP contribution in [0.5, 0.6) is 0 Å². The minimum atomic E-state index is -1.14. The van der Waals surface area contributed by atoms with Gasteiger partial charge in [-0.2, -0.15) is 0 Å². The van der Waals surface area contributed by atoms with Crippen LogP contribution in [-0.2, 0) is 0 Å². The summed E-state index contributed by atoms with van der Waals surface area (Å²) < 4.78 is 28.0. The fourth-order valence-corrected chi connectivity index (χ4v) is 3.10. The highest BCUT2D eigenvalue weighted by atomic mass is 127. The lowest BCUT2D eigenvalue weighted by atomic mass is 10.0. The summed E-state index contributed by atoms with van der Waals surface area (Å²) in [4.78, 5) is 0. The van der Waals surface area contributed by atoms with E-state index in [-0.39, 0.29) is 10.0 Å². The lowest BCUT2D eigenvalue weighted by Crippen LogP contribution is -2.02. The monoisotopic (exact) mass is 430 g/mol. The Kier molecular flexibility index (Phi) is 4.17. The van der Waals surface area contributed by atoms with E-state index in [0.29, 0.717) is 5.56 Å². The molecular weight excluding hydrogens is 425 g/mol. The Balaban J connectivity index is 2.43. The zero-order chi connectivity index (χ0) is 12.6. The Labute approximate surface area is 123 Å². The van der Waals surface area contributed by atoms with Gasteiger partial charge in [-0.05, 0) is 67.7 Å². The summed E-state index contributed by atoms with van der Waals surface area (Å²) in [6.45, 7) is 0.